The van der Waals surface area contributed by atoms with Crippen molar-refractivity contribution < 1.29 is 14.0 Å². The van der Waals surface area contributed by atoms with Gasteiger partial charge in [-0.25, -0.2) is 4.57 Å². The highest BCUT2D eigenvalue weighted by molar-refractivity contribution is 5.68. The average molecular weight is 282 g/mol. The minimum Gasteiger partial charge on any atom is -0.350 e. The molecule has 0 radical (unpaired) electrons. The quantitative estimate of drug-likeness (QED) is 0.787. The number of ether oxygens (including phenoxy) is 2. The molecule has 0 N–H and O–H groups in total. The summed E-state index contributed by atoms with van der Waals surface area (Å²) in [5.41, 5.74) is 2.41. The van der Waals surface area contributed by atoms with Crippen molar-refractivity contribution >= 4 is 12.2 Å². The van der Waals surface area contributed by atoms with Crippen molar-refractivity contribution in [2.45, 2.75) is 19.3 Å². The van der Waals surface area contributed by atoms with Crippen LogP contribution in [0.15, 0.2) is 54.9 Å². The molecule has 1 saturated heterocycles. The number of benzene rings is 1. The molecule has 1 aliphatic rings. The molecular weight excluding hydrogens is 262 g/mol. The van der Waals surface area contributed by atoms with Crippen molar-refractivity contribution in [3.8, 4) is 0 Å². The Hall–Kier alpha value is -1.97. The largest absolute Gasteiger partial charge is 0.350 e. The monoisotopic (exact) mass is 282 g/mol. The molecule has 0 aliphatic carbocycles. The molecular formula is C18H20NO2+. The zero-order valence-electron chi connectivity index (χ0n) is 12.0. The summed E-state index contributed by atoms with van der Waals surface area (Å²) in [5, 5.41) is 0. The van der Waals surface area contributed by atoms with Gasteiger partial charge in [0, 0.05) is 12.1 Å². The van der Waals surface area contributed by atoms with Gasteiger partial charge in [-0.1, -0.05) is 42.5 Å². The molecule has 3 rings (SSSR count). The molecule has 108 valence electrons. The van der Waals surface area contributed by atoms with E-state index in [0.717, 1.165) is 26.2 Å². The fourth-order valence-electron chi connectivity index (χ4n) is 2.31. The summed E-state index contributed by atoms with van der Waals surface area (Å²) in [6, 6.07) is 14.6. The maximum absolute atomic E-state index is 5.44. The van der Waals surface area contributed by atoms with E-state index in [1.807, 2.05) is 18.2 Å². The highest BCUT2D eigenvalue weighted by atomic mass is 16.7. The number of aryl methyl sites for hydroxylation is 1. The van der Waals surface area contributed by atoms with Gasteiger partial charge in [0.05, 0.1) is 19.6 Å². The lowest BCUT2D eigenvalue weighted by Gasteiger charge is -2.05. The molecule has 0 unspecified atom stereocenters. The van der Waals surface area contributed by atoms with Gasteiger partial charge in [0.25, 0.3) is 0 Å². The first-order valence-electron chi connectivity index (χ1n) is 7.36. The Kier molecular flexibility index (Phi) is 4.77. The van der Waals surface area contributed by atoms with Gasteiger partial charge >= 0.3 is 0 Å². The summed E-state index contributed by atoms with van der Waals surface area (Å²) in [6.45, 7) is 2.35. The molecule has 0 atom stereocenters. The fourth-order valence-corrected chi connectivity index (χ4v) is 2.31. The first-order valence-corrected chi connectivity index (χ1v) is 7.36. The van der Waals surface area contributed by atoms with Gasteiger partial charge in [0.1, 0.15) is 0 Å². The van der Waals surface area contributed by atoms with Crippen LogP contribution in [0.3, 0.4) is 0 Å². The lowest BCUT2D eigenvalue weighted by Crippen LogP contribution is -2.34. The van der Waals surface area contributed by atoms with Crippen LogP contribution in [0, 0.1) is 0 Å². The molecule has 0 spiro atoms. The molecule has 1 aromatic heterocycles. The van der Waals surface area contributed by atoms with Crippen molar-refractivity contribution in [3.05, 3.63) is 66.0 Å². The number of pyridine rings is 1. The van der Waals surface area contributed by atoms with Crippen molar-refractivity contribution in [2.24, 2.45) is 0 Å². The van der Waals surface area contributed by atoms with Gasteiger partial charge in [0.2, 0.25) is 0 Å². The van der Waals surface area contributed by atoms with Crippen LogP contribution in [-0.2, 0) is 16.0 Å². The lowest BCUT2D eigenvalue weighted by molar-refractivity contribution is -0.698. The minimum absolute atomic E-state index is 0.0323. The van der Waals surface area contributed by atoms with Gasteiger partial charge < -0.3 is 9.47 Å². The summed E-state index contributed by atoms with van der Waals surface area (Å²) in [5.74, 6) is 0. The van der Waals surface area contributed by atoms with Crippen LogP contribution >= 0.6 is 0 Å². The summed E-state index contributed by atoms with van der Waals surface area (Å²) >= 11 is 0. The van der Waals surface area contributed by atoms with Crippen molar-refractivity contribution in [3.63, 3.8) is 0 Å². The number of rotatable bonds is 5. The Bertz CT molecular complexity index is 572. The van der Waals surface area contributed by atoms with Crippen LogP contribution in [0.2, 0.25) is 0 Å². The van der Waals surface area contributed by atoms with Crippen LogP contribution in [-0.4, -0.2) is 19.5 Å². The molecule has 0 bridgehead atoms. The number of hydrogen-bond acceptors (Lipinski definition) is 2. The zero-order valence-corrected chi connectivity index (χ0v) is 12.0. The summed E-state index contributed by atoms with van der Waals surface area (Å²) < 4.78 is 13.0. The van der Waals surface area contributed by atoms with E-state index in [2.05, 4.69) is 53.4 Å². The van der Waals surface area contributed by atoms with E-state index in [9.17, 15) is 0 Å². The first kappa shape index (κ1) is 14.0. The Balaban J connectivity index is 1.55. The fraction of sp³-hybridized carbons (Fsp3) is 0.278. The Morgan fingerprint density at radius 2 is 1.52 bits per heavy atom. The van der Waals surface area contributed by atoms with E-state index < -0.39 is 0 Å². The maximum Gasteiger partial charge on any atom is 0.169 e. The van der Waals surface area contributed by atoms with E-state index >= 15 is 0 Å². The molecule has 21 heavy (non-hydrogen) atoms. The second-order valence-corrected chi connectivity index (χ2v) is 5.07. The number of hydrogen-bond donors (Lipinski definition) is 0. The highest BCUT2D eigenvalue weighted by Gasteiger charge is 2.17. The lowest BCUT2D eigenvalue weighted by atomic mass is 10.1. The predicted molar refractivity (Wildman–Crippen MR) is 82.3 cm³/mol. The zero-order chi connectivity index (χ0) is 14.3. The Morgan fingerprint density at radius 1 is 0.905 bits per heavy atom. The molecule has 1 fully saturated rings. The third-order valence-electron chi connectivity index (χ3n) is 3.50. The molecule has 3 heteroatoms. The van der Waals surface area contributed by atoms with Gasteiger partial charge in [-0.2, -0.15) is 0 Å². The van der Waals surface area contributed by atoms with Crippen LogP contribution < -0.4 is 4.57 Å². The number of nitrogens with zero attached hydrogens (tertiary/aromatic N) is 1. The van der Waals surface area contributed by atoms with Crippen molar-refractivity contribution in [1.82, 2.24) is 0 Å². The van der Waals surface area contributed by atoms with E-state index in [4.69, 9.17) is 9.47 Å². The SMILES string of the molecule is C(=C\c1cc[n+](CCC2OCCO2)cc1)/c1ccccc1. The predicted octanol–water partition coefficient (Wildman–Crippen LogP) is 2.91. The topological polar surface area (TPSA) is 22.3 Å². The second-order valence-electron chi connectivity index (χ2n) is 5.07. The van der Waals surface area contributed by atoms with Gasteiger partial charge in [-0.05, 0) is 11.1 Å². The van der Waals surface area contributed by atoms with Crippen molar-refractivity contribution in [2.75, 3.05) is 13.2 Å². The minimum atomic E-state index is -0.0323. The highest BCUT2D eigenvalue weighted by Crippen LogP contribution is 2.08. The molecule has 0 amide bonds. The number of aromatic nitrogens is 1. The maximum atomic E-state index is 5.44. The standard InChI is InChI=1S/C18H20NO2/c1-2-4-16(5-3-1)6-7-17-8-11-19(12-9-17)13-10-18-20-14-15-21-18/h1-9,11-12,18H,10,13-15H2/q+1/b7-6+. The van der Waals surface area contributed by atoms with Crippen LogP contribution in [0.25, 0.3) is 12.2 Å². The third-order valence-corrected chi connectivity index (χ3v) is 3.50. The Morgan fingerprint density at radius 3 is 2.19 bits per heavy atom. The molecule has 2 aromatic rings. The van der Waals surface area contributed by atoms with E-state index in [1.54, 1.807) is 0 Å². The van der Waals surface area contributed by atoms with Crippen LogP contribution in [0.4, 0.5) is 0 Å². The summed E-state index contributed by atoms with van der Waals surface area (Å²) in [6.07, 6.45) is 9.31. The van der Waals surface area contributed by atoms with E-state index in [0.29, 0.717) is 0 Å². The first-order chi connectivity index (χ1) is 10.4. The van der Waals surface area contributed by atoms with Crippen LogP contribution in [0.5, 0.6) is 0 Å². The molecule has 2 heterocycles. The van der Waals surface area contributed by atoms with Crippen molar-refractivity contribution in [1.29, 1.82) is 0 Å². The molecule has 3 nitrogen and oxygen atoms in total. The smallest absolute Gasteiger partial charge is 0.169 e. The van der Waals surface area contributed by atoms with Gasteiger partial charge in [0.15, 0.2) is 25.2 Å². The second kappa shape index (κ2) is 7.16. The van der Waals surface area contributed by atoms with Crippen LogP contribution in [0.1, 0.15) is 17.5 Å². The summed E-state index contributed by atoms with van der Waals surface area (Å²) in [7, 11) is 0. The van der Waals surface area contributed by atoms with E-state index in [-0.39, 0.29) is 6.29 Å². The third kappa shape index (κ3) is 4.25. The van der Waals surface area contributed by atoms with Gasteiger partial charge in [-0.3, -0.25) is 0 Å². The normalized spacial score (nSPS) is 15.8. The average Bonchev–Trinajstić information content (AvgIpc) is 3.06. The molecule has 1 aromatic carbocycles. The summed E-state index contributed by atoms with van der Waals surface area (Å²) in [4.78, 5) is 0. The van der Waals surface area contributed by atoms with Gasteiger partial charge in [-0.15, -0.1) is 0 Å². The molecule has 0 saturated carbocycles. The van der Waals surface area contributed by atoms with E-state index in [1.165, 1.54) is 11.1 Å². The molecule has 1 aliphatic heterocycles. The Labute approximate surface area is 125 Å².